The van der Waals surface area contributed by atoms with Crippen LogP contribution in [0.4, 0.5) is 4.79 Å². The summed E-state index contributed by atoms with van der Waals surface area (Å²) in [6.45, 7) is 8.51. The zero-order chi connectivity index (χ0) is 16.0. The number of carboxylic acid groups (broad SMARTS) is 1. The molecular formula is C16H22N2O3. The van der Waals surface area contributed by atoms with Crippen LogP contribution in [0.15, 0.2) is 36.9 Å². The molecule has 1 aromatic carbocycles. The van der Waals surface area contributed by atoms with Crippen LogP contribution in [0.5, 0.6) is 0 Å². The lowest BCUT2D eigenvalue weighted by molar-refractivity contribution is 0.0696. The van der Waals surface area contributed by atoms with Crippen molar-refractivity contribution in [1.82, 2.24) is 9.80 Å². The van der Waals surface area contributed by atoms with E-state index < -0.39 is 5.97 Å². The van der Waals surface area contributed by atoms with Crippen LogP contribution in [0.25, 0.3) is 0 Å². The molecule has 0 aromatic heterocycles. The Kier molecular flexibility index (Phi) is 5.96. The van der Waals surface area contributed by atoms with Crippen LogP contribution in [0.1, 0.15) is 29.8 Å². The minimum Gasteiger partial charge on any atom is -0.478 e. The van der Waals surface area contributed by atoms with Crippen molar-refractivity contribution in [2.45, 2.75) is 26.4 Å². The van der Waals surface area contributed by atoms with E-state index in [-0.39, 0.29) is 17.6 Å². The number of aromatic carboxylic acids is 1. The van der Waals surface area contributed by atoms with Crippen LogP contribution in [-0.2, 0) is 6.54 Å². The van der Waals surface area contributed by atoms with Gasteiger partial charge < -0.3 is 14.9 Å². The van der Waals surface area contributed by atoms with Gasteiger partial charge in [-0.2, -0.15) is 0 Å². The van der Waals surface area contributed by atoms with Gasteiger partial charge in [0, 0.05) is 26.2 Å². The number of carboxylic acids is 1. The van der Waals surface area contributed by atoms with Gasteiger partial charge in [0.25, 0.3) is 0 Å². The van der Waals surface area contributed by atoms with Crippen molar-refractivity contribution in [3.05, 3.63) is 48.0 Å². The van der Waals surface area contributed by atoms with E-state index in [0.717, 1.165) is 5.56 Å². The average molecular weight is 290 g/mol. The second-order valence-corrected chi connectivity index (χ2v) is 5.18. The summed E-state index contributed by atoms with van der Waals surface area (Å²) in [5, 5.41) is 8.86. The van der Waals surface area contributed by atoms with Gasteiger partial charge in [-0.05, 0) is 31.5 Å². The molecular weight excluding hydrogens is 268 g/mol. The summed E-state index contributed by atoms with van der Waals surface area (Å²) in [6.07, 6.45) is 1.70. The molecule has 0 fully saturated rings. The molecule has 1 rings (SSSR count). The van der Waals surface area contributed by atoms with Crippen molar-refractivity contribution in [1.29, 1.82) is 0 Å². The monoisotopic (exact) mass is 290 g/mol. The molecule has 0 heterocycles. The summed E-state index contributed by atoms with van der Waals surface area (Å²) >= 11 is 0. The number of carbonyl (C=O) groups excluding carboxylic acids is 1. The van der Waals surface area contributed by atoms with E-state index in [9.17, 15) is 9.59 Å². The molecule has 0 atom stereocenters. The van der Waals surface area contributed by atoms with E-state index >= 15 is 0 Å². The molecule has 0 aliphatic rings. The first-order valence-electron chi connectivity index (χ1n) is 6.81. The number of hydrogen-bond donors (Lipinski definition) is 1. The van der Waals surface area contributed by atoms with Gasteiger partial charge in [-0.25, -0.2) is 9.59 Å². The van der Waals surface area contributed by atoms with Gasteiger partial charge in [0.2, 0.25) is 0 Å². The molecule has 21 heavy (non-hydrogen) atoms. The quantitative estimate of drug-likeness (QED) is 0.819. The van der Waals surface area contributed by atoms with E-state index in [1.807, 2.05) is 13.8 Å². The van der Waals surface area contributed by atoms with Gasteiger partial charge in [0.1, 0.15) is 0 Å². The largest absolute Gasteiger partial charge is 0.478 e. The Bertz CT molecular complexity index is 509. The van der Waals surface area contributed by atoms with E-state index in [0.29, 0.717) is 13.1 Å². The fraction of sp³-hybridized carbons (Fsp3) is 0.375. The van der Waals surface area contributed by atoms with Crippen molar-refractivity contribution < 1.29 is 14.7 Å². The topological polar surface area (TPSA) is 60.9 Å². The number of rotatable bonds is 6. The predicted molar refractivity (Wildman–Crippen MR) is 82.3 cm³/mol. The molecule has 0 saturated heterocycles. The van der Waals surface area contributed by atoms with Gasteiger partial charge in [-0.3, -0.25) is 0 Å². The third-order valence-corrected chi connectivity index (χ3v) is 3.14. The summed E-state index contributed by atoms with van der Waals surface area (Å²) in [4.78, 5) is 26.5. The molecule has 0 aliphatic carbocycles. The van der Waals surface area contributed by atoms with Crippen LogP contribution in [-0.4, -0.2) is 46.5 Å². The first-order chi connectivity index (χ1) is 9.86. The molecule has 5 nitrogen and oxygen atoms in total. The van der Waals surface area contributed by atoms with Gasteiger partial charge in [0.15, 0.2) is 0 Å². The number of benzene rings is 1. The molecule has 2 amide bonds. The third kappa shape index (κ3) is 4.63. The molecule has 0 bridgehead atoms. The van der Waals surface area contributed by atoms with E-state index in [1.165, 1.54) is 0 Å². The Morgan fingerprint density at radius 2 is 1.86 bits per heavy atom. The van der Waals surface area contributed by atoms with Crippen LogP contribution < -0.4 is 0 Å². The lowest BCUT2D eigenvalue weighted by Gasteiger charge is -2.30. The number of nitrogens with zero attached hydrogens (tertiary/aromatic N) is 2. The SMILES string of the molecule is C=CCN(C(=O)N(C)Cc1ccc(C(=O)O)cc1)C(C)C. The number of amides is 2. The molecule has 5 heteroatoms. The highest BCUT2D eigenvalue weighted by atomic mass is 16.4. The predicted octanol–water partition coefficient (Wildman–Crippen LogP) is 2.83. The number of carbonyl (C=O) groups is 2. The highest BCUT2D eigenvalue weighted by Crippen LogP contribution is 2.10. The zero-order valence-corrected chi connectivity index (χ0v) is 12.7. The molecule has 1 aromatic rings. The van der Waals surface area contributed by atoms with Crippen LogP contribution in [0.3, 0.4) is 0 Å². The van der Waals surface area contributed by atoms with Crippen LogP contribution >= 0.6 is 0 Å². The maximum absolute atomic E-state index is 12.4. The molecule has 0 unspecified atom stereocenters. The summed E-state index contributed by atoms with van der Waals surface area (Å²) < 4.78 is 0. The van der Waals surface area contributed by atoms with Gasteiger partial charge in [-0.1, -0.05) is 18.2 Å². The summed E-state index contributed by atoms with van der Waals surface area (Å²) in [7, 11) is 1.73. The highest BCUT2D eigenvalue weighted by Gasteiger charge is 2.19. The molecule has 0 saturated carbocycles. The van der Waals surface area contributed by atoms with E-state index in [4.69, 9.17) is 5.11 Å². The Morgan fingerprint density at radius 1 is 1.29 bits per heavy atom. The lowest BCUT2D eigenvalue weighted by atomic mass is 10.1. The Balaban J connectivity index is 2.74. The van der Waals surface area contributed by atoms with Gasteiger partial charge in [0.05, 0.1) is 5.56 Å². The van der Waals surface area contributed by atoms with Gasteiger partial charge in [-0.15, -0.1) is 6.58 Å². The first-order valence-corrected chi connectivity index (χ1v) is 6.81. The van der Waals surface area contributed by atoms with Crippen molar-refractivity contribution in [2.75, 3.05) is 13.6 Å². The number of hydrogen-bond acceptors (Lipinski definition) is 2. The Labute approximate surface area is 125 Å². The standard InChI is InChI=1S/C16H22N2O3/c1-5-10-18(12(2)3)16(21)17(4)11-13-6-8-14(9-7-13)15(19)20/h5-9,12H,1,10-11H2,2-4H3,(H,19,20). The average Bonchev–Trinajstić information content (AvgIpc) is 2.44. The second kappa shape index (κ2) is 7.47. The second-order valence-electron chi connectivity index (χ2n) is 5.18. The zero-order valence-electron chi connectivity index (χ0n) is 12.7. The third-order valence-electron chi connectivity index (χ3n) is 3.14. The van der Waals surface area contributed by atoms with Gasteiger partial charge >= 0.3 is 12.0 Å². The fourth-order valence-electron chi connectivity index (χ4n) is 1.96. The summed E-state index contributed by atoms with van der Waals surface area (Å²) in [5.41, 5.74) is 1.13. The van der Waals surface area contributed by atoms with Crippen LogP contribution in [0.2, 0.25) is 0 Å². The molecule has 0 spiro atoms. The molecule has 0 radical (unpaired) electrons. The smallest absolute Gasteiger partial charge is 0.335 e. The fourth-order valence-corrected chi connectivity index (χ4v) is 1.96. The Hall–Kier alpha value is -2.30. The molecule has 0 aliphatic heterocycles. The molecule has 114 valence electrons. The van der Waals surface area contributed by atoms with E-state index in [1.54, 1.807) is 47.2 Å². The van der Waals surface area contributed by atoms with Crippen molar-refractivity contribution in [3.63, 3.8) is 0 Å². The summed E-state index contributed by atoms with van der Waals surface area (Å²) in [6, 6.07) is 6.54. The van der Waals surface area contributed by atoms with Crippen molar-refractivity contribution >= 4 is 12.0 Å². The lowest BCUT2D eigenvalue weighted by Crippen LogP contribution is -2.44. The van der Waals surface area contributed by atoms with E-state index in [2.05, 4.69) is 6.58 Å². The summed E-state index contributed by atoms with van der Waals surface area (Å²) in [5.74, 6) is -0.956. The molecule has 1 N–H and O–H groups in total. The van der Waals surface area contributed by atoms with Crippen LogP contribution in [0, 0.1) is 0 Å². The van der Waals surface area contributed by atoms with Crippen molar-refractivity contribution in [3.8, 4) is 0 Å². The minimum absolute atomic E-state index is 0.0767. The minimum atomic E-state index is -0.956. The maximum atomic E-state index is 12.4. The first kappa shape index (κ1) is 16.8. The van der Waals surface area contributed by atoms with Crippen molar-refractivity contribution in [2.24, 2.45) is 0 Å². The maximum Gasteiger partial charge on any atom is 0.335 e. The number of urea groups is 1. The highest BCUT2D eigenvalue weighted by molar-refractivity contribution is 5.87. The normalized spacial score (nSPS) is 10.3. The Morgan fingerprint density at radius 3 is 2.29 bits per heavy atom.